The van der Waals surface area contributed by atoms with E-state index in [4.69, 9.17) is 19.3 Å². The molecule has 0 spiro atoms. The maximum Gasteiger partial charge on any atom is 0.416 e. The number of halogens is 3. The average Bonchev–Trinajstić information content (AvgIpc) is 2.95. The molecule has 0 radical (unpaired) electrons. The Kier molecular flexibility index (Phi) is 10.1. The van der Waals surface area contributed by atoms with Crippen molar-refractivity contribution in [2.24, 2.45) is 0 Å². The van der Waals surface area contributed by atoms with E-state index in [2.05, 4.69) is 16.7 Å². The van der Waals surface area contributed by atoms with E-state index < -0.39 is 24.3 Å². The highest BCUT2D eigenvalue weighted by atomic mass is 19.4. The average molecular weight is 566 g/mol. The summed E-state index contributed by atoms with van der Waals surface area (Å²) in [6, 6.07) is 17.6. The van der Waals surface area contributed by atoms with Gasteiger partial charge in [0.2, 0.25) is 0 Å². The van der Waals surface area contributed by atoms with Gasteiger partial charge < -0.3 is 19.3 Å². The molecule has 1 saturated heterocycles. The molecule has 1 aliphatic heterocycles. The van der Waals surface area contributed by atoms with Crippen LogP contribution in [-0.4, -0.2) is 62.0 Å². The normalized spacial score (nSPS) is 14.2. The van der Waals surface area contributed by atoms with Crippen LogP contribution in [0, 0.1) is 18.8 Å². The summed E-state index contributed by atoms with van der Waals surface area (Å²) >= 11 is 0. The lowest BCUT2D eigenvalue weighted by Gasteiger charge is -2.24. The molecule has 0 saturated carbocycles. The van der Waals surface area contributed by atoms with Gasteiger partial charge in [0.25, 0.3) is 0 Å². The highest BCUT2D eigenvalue weighted by molar-refractivity contribution is 5.80. The Balaban J connectivity index is 1.51. The third kappa shape index (κ3) is 8.87. The van der Waals surface area contributed by atoms with Crippen LogP contribution in [0.5, 0.6) is 11.5 Å². The largest absolute Gasteiger partial charge is 0.489 e. The zero-order valence-electron chi connectivity index (χ0n) is 22.5. The van der Waals surface area contributed by atoms with Crippen molar-refractivity contribution in [3.63, 3.8) is 0 Å². The smallest absolute Gasteiger partial charge is 0.416 e. The van der Waals surface area contributed by atoms with E-state index in [-0.39, 0.29) is 6.61 Å². The molecular weight excluding hydrogens is 535 g/mol. The molecule has 41 heavy (non-hydrogen) atoms. The number of rotatable bonds is 9. The lowest BCUT2D eigenvalue weighted by atomic mass is 9.96. The third-order valence-corrected chi connectivity index (χ3v) is 6.39. The first-order valence-electron chi connectivity index (χ1n) is 13.0. The lowest BCUT2D eigenvalue weighted by Crippen LogP contribution is -2.36. The minimum Gasteiger partial charge on any atom is -0.489 e. The topological polar surface area (TPSA) is 68.2 Å². The van der Waals surface area contributed by atoms with Crippen molar-refractivity contribution in [2.75, 3.05) is 46.1 Å². The molecule has 0 aromatic heterocycles. The SMILES string of the molecule is Cc1cc(OCC=C(c2ccc(C#CCN3CCOCC3)cc2)c2ccc(C(F)(F)F)cc2)ccc1OCC(=O)O. The van der Waals surface area contributed by atoms with Crippen LogP contribution in [0.15, 0.2) is 72.8 Å². The number of benzene rings is 3. The van der Waals surface area contributed by atoms with E-state index in [1.165, 1.54) is 12.1 Å². The van der Waals surface area contributed by atoms with Gasteiger partial charge in [-0.15, -0.1) is 0 Å². The Hall–Kier alpha value is -4.26. The summed E-state index contributed by atoms with van der Waals surface area (Å²) in [6.45, 7) is 5.28. The number of hydrogen-bond donors (Lipinski definition) is 1. The van der Waals surface area contributed by atoms with E-state index in [1.807, 2.05) is 30.3 Å². The second-order valence-corrected chi connectivity index (χ2v) is 9.38. The van der Waals surface area contributed by atoms with Gasteiger partial charge in [-0.2, -0.15) is 13.2 Å². The van der Waals surface area contributed by atoms with Crippen molar-refractivity contribution in [2.45, 2.75) is 13.1 Å². The van der Waals surface area contributed by atoms with E-state index in [0.717, 1.165) is 36.3 Å². The number of carbonyl (C=O) groups is 1. The van der Waals surface area contributed by atoms with E-state index in [0.29, 0.717) is 48.0 Å². The Morgan fingerprint density at radius 2 is 1.66 bits per heavy atom. The zero-order chi connectivity index (χ0) is 29.2. The number of carboxylic acids is 1. The minimum absolute atomic E-state index is 0.145. The number of aliphatic carboxylic acids is 1. The van der Waals surface area contributed by atoms with Crippen LogP contribution in [0.4, 0.5) is 13.2 Å². The van der Waals surface area contributed by atoms with Crippen molar-refractivity contribution >= 4 is 11.5 Å². The number of alkyl halides is 3. The molecule has 214 valence electrons. The van der Waals surface area contributed by atoms with E-state index >= 15 is 0 Å². The minimum atomic E-state index is -4.43. The molecule has 1 N–H and O–H groups in total. The second-order valence-electron chi connectivity index (χ2n) is 9.38. The summed E-state index contributed by atoms with van der Waals surface area (Å²) in [5.74, 6) is 6.26. The molecular formula is C32H30F3NO5. The van der Waals surface area contributed by atoms with E-state index in [1.54, 1.807) is 25.1 Å². The van der Waals surface area contributed by atoms with Gasteiger partial charge in [-0.25, -0.2) is 4.79 Å². The van der Waals surface area contributed by atoms with Gasteiger partial charge in [0, 0.05) is 18.7 Å². The zero-order valence-corrected chi connectivity index (χ0v) is 22.5. The fourth-order valence-electron chi connectivity index (χ4n) is 4.22. The van der Waals surface area contributed by atoms with Gasteiger partial charge in [-0.3, -0.25) is 4.90 Å². The molecule has 6 nitrogen and oxygen atoms in total. The quantitative estimate of drug-likeness (QED) is 0.337. The number of morpholine rings is 1. The van der Waals surface area contributed by atoms with E-state index in [9.17, 15) is 18.0 Å². The second kappa shape index (κ2) is 13.9. The van der Waals surface area contributed by atoms with Crippen LogP contribution in [0.3, 0.4) is 0 Å². The number of nitrogens with zero attached hydrogens (tertiary/aromatic N) is 1. The summed E-state index contributed by atoms with van der Waals surface area (Å²) in [5.41, 5.74) is 2.96. The van der Waals surface area contributed by atoms with Gasteiger partial charge in [0.1, 0.15) is 18.1 Å². The molecule has 0 amide bonds. The van der Waals surface area contributed by atoms with Crippen molar-refractivity contribution in [1.82, 2.24) is 4.90 Å². The highest BCUT2D eigenvalue weighted by Crippen LogP contribution is 2.32. The van der Waals surface area contributed by atoms with Crippen LogP contribution in [0.1, 0.15) is 27.8 Å². The van der Waals surface area contributed by atoms with Gasteiger partial charge in [-0.05, 0) is 77.7 Å². The molecule has 1 heterocycles. The molecule has 4 rings (SSSR count). The Bertz CT molecular complexity index is 1410. The summed E-state index contributed by atoms with van der Waals surface area (Å²) in [7, 11) is 0. The van der Waals surface area contributed by atoms with Crippen LogP contribution in [-0.2, 0) is 15.7 Å². The predicted octanol–water partition coefficient (Wildman–Crippen LogP) is 5.67. The number of carboxylic acid groups (broad SMARTS) is 1. The van der Waals surface area contributed by atoms with Gasteiger partial charge in [0.15, 0.2) is 6.61 Å². The standard InChI is InChI=1S/C32H30F3NO5/c1-23-21-28(12-13-30(23)41-22-31(37)38)40-18-14-29(26-8-10-27(11-9-26)32(33,34)35)25-6-4-24(5-7-25)3-2-15-36-16-19-39-20-17-36/h4-14,21H,15-20,22H2,1H3,(H,37,38). The summed E-state index contributed by atoms with van der Waals surface area (Å²) in [4.78, 5) is 13.0. The fraction of sp³-hybridized carbons (Fsp3) is 0.281. The highest BCUT2D eigenvalue weighted by Gasteiger charge is 2.30. The molecule has 0 aliphatic carbocycles. The molecule has 0 atom stereocenters. The number of ether oxygens (including phenoxy) is 3. The molecule has 9 heteroatoms. The lowest BCUT2D eigenvalue weighted by molar-refractivity contribution is -0.139. The van der Waals surface area contributed by atoms with Crippen molar-refractivity contribution < 1.29 is 37.3 Å². The first-order valence-corrected chi connectivity index (χ1v) is 13.0. The molecule has 3 aromatic rings. The van der Waals surface area contributed by atoms with Gasteiger partial charge >= 0.3 is 12.1 Å². The third-order valence-electron chi connectivity index (χ3n) is 6.39. The maximum absolute atomic E-state index is 13.2. The molecule has 0 unspecified atom stereocenters. The van der Waals surface area contributed by atoms with Crippen LogP contribution in [0.2, 0.25) is 0 Å². The van der Waals surface area contributed by atoms with Crippen molar-refractivity contribution in [1.29, 1.82) is 0 Å². The molecule has 3 aromatic carbocycles. The van der Waals surface area contributed by atoms with Crippen LogP contribution < -0.4 is 9.47 Å². The van der Waals surface area contributed by atoms with Crippen LogP contribution in [0.25, 0.3) is 5.57 Å². The summed E-state index contributed by atoms with van der Waals surface area (Å²) in [6.07, 6.45) is -2.61. The Labute approximate surface area is 237 Å². The number of hydrogen-bond acceptors (Lipinski definition) is 5. The fourth-order valence-corrected chi connectivity index (χ4v) is 4.22. The monoisotopic (exact) mass is 565 g/mol. The summed E-state index contributed by atoms with van der Waals surface area (Å²) in [5, 5.41) is 8.81. The predicted molar refractivity (Wildman–Crippen MR) is 149 cm³/mol. The molecule has 0 bridgehead atoms. The van der Waals surface area contributed by atoms with Crippen LogP contribution >= 0.6 is 0 Å². The molecule has 1 aliphatic rings. The van der Waals surface area contributed by atoms with Crippen molar-refractivity contribution in [3.8, 4) is 23.3 Å². The van der Waals surface area contributed by atoms with Gasteiger partial charge in [0.05, 0.1) is 25.3 Å². The maximum atomic E-state index is 13.2. The first kappa shape index (κ1) is 29.7. The summed E-state index contributed by atoms with van der Waals surface area (Å²) < 4.78 is 56.0. The Morgan fingerprint density at radius 3 is 2.27 bits per heavy atom. The first-order chi connectivity index (χ1) is 19.7. The molecule has 1 fully saturated rings. The van der Waals surface area contributed by atoms with Gasteiger partial charge in [-0.1, -0.05) is 36.1 Å². The van der Waals surface area contributed by atoms with Crippen molar-refractivity contribution in [3.05, 3.63) is 101 Å². The number of aryl methyl sites for hydroxylation is 1. The Morgan fingerprint density at radius 1 is 1.00 bits per heavy atom.